The van der Waals surface area contributed by atoms with Gasteiger partial charge in [0.25, 0.3) is 0 Å². The number of rotatable bonds is 6. The van der Waals surface area contributed by atoms with Crippen LogP contribution in [0.2, 0.25) is 0 Å². The van der Waals surface area contributed by atoms with Gasteiger partial charge in [0.2, 0.25) is 0 Å². The molecule has 3 rings (SSSR count). The molecule has 0 amide bonds. The number of benzene rings is 2. The van der Waals surface area contributed by atoms with Crippen LogP contribution in [0.1, 0.15) is 11.1 Å². The number of hydrogen-bond acceptors (Lipinski definition) is 4. The Labute approximate surface area is 167 Å². The van der Waals surface area contributed by atoms with Gasteiger partial charge >= 0.3 is 168 Å². The molecule has 1 aliphatic rings. The van der Waals surface area contributed by atoms with Crippen molar-refractivity contribution in [2.45, 2.75) is 13.1 Å². The Morgan fingerprint density at radius 3 is 1.46 bits per heavy atom. The summed E-state index contributed by atoms with van der Waals surface area (Å²) in [6, 6.07) is 16.3. The maximum absolute atomic E-state index is 6.45. The molecule has 1 aliphatic heterocycles. The van der Waals surface area contributed by atoms with Gasteiger partial charge < -0.3 is 0 Å². The molecule has 0 atom stereocenters. The van der Waals surface area contributed by atoms with Crippen molar-refractivity contribution in [2.24, 2.45) is 0 Å². The zero-order valence-electron chi connectivity index (χ0n) is 14.8. The van der Waals surface area contributed by atoms with E-state index in [1.165, 1.54) is 11.1 Å². The Morgan fingerprint density at radius 1 is 0.769 bits per heavy atom. The molecule has 142 valence electrons. The van der Waals surface area contributed by atoms with Gasteiger partial charge in [0.05, 0.1) is 0 Å². The van der Waals surface area contributed by atoms with Gasteiger partial charge in [-0.3, -0.25) is 0 Å². The average Bonchev–Trinajstić information content (AvgIpc) is 3.05. The van der Waals surface area contributed by atoms with Gasteiger partial charge in [0.1, 0.15) is 0 Å². The molecule has 0 bridgehead atoms. The quantitative estimate of drug-likeness (QED) is 0.581. The van der Waals surface area contributed by atoms with Crippen molar-refractivity contribution in [1.82, 2.24) is 9.80 Å². The Morgan fingerprint density at radius 2 is 1.15 bits per heavy atom. The van der Waals surface area contributed by atoms with E-state index in [1.54, 1.807) is 14.2 Å². The number of ether oxygens (including phenoxy) is 2. The van der Waals surface area contributed by atoms with Crippen molar-refractivity contribution < 1.29 is 23.0 Å². The van der Waals surface area contributed by atoms with E-state index in [9.17, 15) is 0 Å². The van der Waals surface area contributed by atoms with Gasteiger partial charge in [-0.15, -0.1) is 0 Å². The first-order chi connectivity index (χ1) is 12.6. The zero-order chi connectivity index (χ0) is 18.5. The summed E-state index contributed by atoms with van der Waals surface area (Å²) in [5, 5.41) is 0. The summed E-state index contributed by atoms with van der Waals surface area (Å²) in [5.74, 6) is 1.73. The van der Waals surface area contributed by atoms with Crippen molar-refractivity contribution >= 4 is 23.7 Å². The number of nitrogens with zero attached hydrogens (tertiary/aromatic N) is 2. The Bertz CT molecular complexity index is 703. The molecule has 1 saturated heterocycles. The van der Waals surface area contributed by atoms with Crippen molar-refractivity contribution in [3.63, 3.8) is 0 Å². The van der Waals surface area contributed by atoms with Crippen molar-refractivity contribution in [3.05, 3.63) is 59.7 Å². The van der Waals surface area contributed by atoms with E-state index in [0.29, 0.717) is 0 Å². The van der Waals surface area contributed by atoms with Crippen LogP contribution in [-0.2, 0) is 26.6 Å². The standard InChI is InChI=1S/C19H22N2O2.2ClH.Ru/c1-22-18-7-3-16(4-8-18)13-20-11-12-21(15-20)14-17-5-9-19(23-2)10-6-17;;;/h3-10H,11-14H2,1-2H3;2*1H;/q;;;+2/p-2. The van der Waals surface area contributed by atoms with E-state index in [4.69, 9.17) is 28.9 Å². The third-order valence-electron chi connectivity index (χ3n) is 4.33. The van der Waals surface area contributed by atoms with E-state index < -0.39 is 13.5 Å². The molecule has 7 heteroatoms. The first-order valence-corrected chi connectivity index (χ1v) is 13.6. The minimum absolute atomic E-state index is 0.808. The fourth-order valence-corrected chi connectivity index (χ4v) is 6.47. The van der Waals surface area contributed by atoms with Crippen LogP contribution in [-0.4, -0.2) is 41.5 Å². The Kier molecular flexibility index (Phi) is 7.07. The van der Waals surface area contributed by atoms with Crippen LogP contribution in [0, 0.1) is 0 Å². The van der Waals surface area contributed by atoms with Crippen LogP contribution in [0.3, 0.4) is 0 Å². The van der Waals surface area contributed by atoms with Crippen molar-refractivity contribution in [1.29, 1.82) is 0 Å². The molecular weight excluding hydrogens is 460 g/mol. The van der Waals surface area contributed by atoms with Gasteiger partial charge in [-0.2, -0.15) is 0 Å². The van der Waals surface area contributed by atoms with Gasteiger partial charge in [0.15, 0.2) is 0 Å². The second-order valence-electron chi connectivity index (χ2n) is 5.98. The number of hydrogen-bond donors (Lipinski definition) is 0. The summed E-state index contributed by atoms with van der Waals surface area (Å²) < 4.78 is 11.6. The van der Waals surface area contributed by atoms with Crippen LogP contribution in [0.15, 0.2) is 48.5 Å². The van der Waals surface area contributed by atoms with E-state index in [-0.39, 0.29) is 0 Å². The predicted octanol–water partition coefficient (Wildman–Crippen LogP) is 4.03. The second kappa shape index (κ2) is 9.30. The molecule has 1 fully saturated rings. The van der Waals surface area contributed by atoms with Crippen LogP contribution >= 0.6 is 19.4 Å². The third-order valence-corrected chi connectivity index (χ3v) is 7.43. The molecule has 26 heavy (non-hydrogen) atoms. The molecule has 2 aromatic rings. The van der Waals surface area contributed by atoms with Gasteiger partial charge in [0, 0.05) is 0 Å². The summed E-state index contributed by atoms with van der Waals surface area (Å²) in [7, 11) is 16.3. The minimum atomic E-state index is -2.04. The normalized spacial score (nSPS) is 16.0. The van der Waals surface area contributed by atoms with Crippen molar-refractivity contribution in [3.8, 4) is 11.5 Å². The van der Waals surface area contributed by atoms with Crippen molar-refractivity contribution in [2.75, 3.05) is 27.3 Å². The van der Waals surface area contributed by atoms with E-state index >= 15 is 0 Å². The topological polar surface area (TPSA) is 24.9 Å². The molecular formula is C19H22Cl2N2O2Ru. The molecule has 2 aromatic carbocycles. The van der Waals surface area contributed by atoms with Crippen LogP contribution in [0.25, 0.3) is 0 Å². The molecule has 1 heterocycles. The second-order valence-corrected chi connectivity index (χ2v) is 11.6. The molecule has 0 unspecified atom stereocenters. The molecule has 0 aromatic heterocycles. The molecule has 0 spiro atoms. The Hall–Kier alpha value is -0.967. The first kappa shape index (κ1) is 19.8. The van der Waals surface area contributed by atoms with Crippen LogP contribution in [0.4, 0.5) is 0 Å². The van der Waals surface area contributed by atoms with Crippen LogP contribution in [0.5, 0.6) is 11.5 Å². The molecule has 0 radical (unpaired) electrons. The summed E-state index contributed by atoms with van der Waals surface area (Å²) in [4.78, 5) is 4.62. The van der Waals surface area contributed by atoms with E-state index in [0.717, 1.165) is 42.0 Å². The monoisotopic (exact) mass is 482 g/mol. The van der Waals surface area contributed by atoms with Gasteiger partial charge in [-0.1, -0.05) is 0 Å². The number of methoxy groups -OCH3 is 2. The summed E-state index contributed by atoms with van der Waals surface area (Å²) in [5.41, 5.74) is 2.44. The van der Waals surface area contributed by atoms with Gasteiger partial charge in [-0.25, -0.2) is 0 Å². The molecule has 0 saturated carbocycles. The summed E-state index contributed by atoms with van der Waals surface area (Å²) in [6.45, 7) is 3.48. The van der Waals surface area contributed by atoms with Gasteiger partial charge in [-0.05, 0) is 0 Å². The predicted molar refractivity (Wildman–Crippen MR) is 104 cm³/mol. The fourth-order valence-electron chi connectivity index (χ4n) is 2.98. The summed E-state index contributed by atoms with van der Waals surface area (Å²) in [6.07, 6.45) is 0. The first-order valence-electron chi connectivity index (χ1n) is 8.23. The SMILES string of the molecule is COc1ccc(CN2CCN(Cc3ccc(OC)cc3)[C]2=[Ru]([Cl])[Cl])cc1. The molecule has 0 N–H and O–H groups in total. The Balaban J connectivity index is 1.71. The fraction of sp³-hybridized carbons (Fsp3) is 0.316. The zero-order valence-corrected chi connectivity index (χ0v) is 18.0. The van der Waals surface area contributed by atoms with E-state index in [2.05, 4.69) is 34.1 Å². The van der Waals surface area contributed by atoms with Crippen LogP contribution < -0.4 is 9.47 Å². The average molecular weight is 482 g/mol. The third kappa shape index (κ3) is 4.85. The summed E-state index contributed by atoms with van der Waals surface area (Å²) >= 11 is -2.04. The number of halogens is 2. The molecule has 4 nitrogen and oxygen atoms in total. The maximum atomic E-state index is 6.45. The van der Waals surface area contributed by atoms with E-state index in [1.807, 2.05) is 24.3 Å². The molecule has 0 aliphatic carbocycles.